The third-order valence-electron chi connectivity index (χ3n) is 5.30. The average molecular weight is 503 g/mol. The van der Waals surface area contributed by atoms with Crippen LogP contribution in [0.25, 0.3) is 0 Å². The van der Waals surface area contributed by atoms with Crippen LogP contribution in [-0.4, -0.2) is 62.6 Å². The predicted octanol–water partition coefficient (Wildman–Crippen LogP) is 3.02. The monoisotopic (exact) mass is 502 g/mol. The minimum absolute atomic E-state index is 0.295. The van der Waals surface area contributed by atoms with Gasteiger partial charge in [-0.3, -0.25) is 4.99 Å². The molecule has 0 radical (unpaired) electrons. The van der Waals surface area contributed by atoms with Gasteiger partial charge >= 0.3 is 12.1 Å². The SMILES string of the molecule is Cc1sc(=NC2CCNCC2)n(/N=C/c2ccc(O)c(O)c2O)c1C1CC1.O=C(O)C(F)(F)F. The van der Waals surface area contributed by atoms with Crippen molar-refractivity contribution in [2.45, 2.75) is 50.7 Å². The molecular weight excluding hydrogens is 477 g/mol. The summed E-state index contributed by atoms with van der Waals surface area (Å²) in [7, 11) is 0. The number of rotatable bonds is 4. The minimum atomic E-state index is -5.08. The molecule has 2 heterocycles. The summed E-state index contributed by atoms with van der Waals surface area (Å²) >= 11 is 1.66. The van der Waals surface area contributed by atoms with Crippen LogP contribution in [0.5, 0.6) is 17.2 Å². The number of aromatic hydroxyl groups is 3. The zero-order valence-corrected chi connectivity index (χ0v) is 19.0. The van der Waals surface area contributed by atoms with Gasteiger partial charge in [-0.25, -0.2) is 9.47 Å². The number of carboxylic acid groups (broad SMARTS) is 1. The number of phenols is 3. The van der Waals surface area contributed by atoms with Crippen molar-refractivity contribution < 1.29 is 38.4 Å². The highest BCUT2D eigenvalue weighted by atomic mass is 32.1. The molecule has 9 nitrogen and oxygen atoms in total. The van der Waals surface area contributed by atoms with Crippen molar-refractivity contribution >= 4 is 23.5 Å². The van der Waals surface area contributed by atoms with Gasteiger partial charge in [-0.15, -0.1) is 11.3 Å². The quantitative estimate of drug-likeness (QED) is 0.322. The van der Waals surface area contributed by atoms with E-state index in [-0.39, 0.29) is 11.5 Å². The molecule has 1 aromatic carbocycles. The fourth-order valence-electron chi connectivity index (χ4n) is 3.40. The van der Waals surface area contributed by atoms with Crippen LogP contribution in [0.2, 0.25) is 0 Å². The van der Waals surface area contributed by atoms with Crippen LogP contribution in [0, 0.1) is 6.92 Å². The van der Waals surface area contributed by atoms with Crippen LogP contribution in [0.1, 0.15) is 47.7 Å². The second kappa shape index (κ2) is 10.5. The molecular formula is C21H25F3N4O5S. The summed E-state index contributed by atoms with van der Waals surface area (Å²) in [4.78, 5) is 15.9. The number of hydrogen-bond donors (Lipinski definition) is 5. The van der Waals surface area contributed by atoms with Gasteiger partial charge in [0.1, 0.15) is 0 Å². The molecule has 2 aliphatic rings. The normalized spacial score (nSPS) is 17.6. The molecule has 5 N–H and O–H groups in total. The Hall–Kier alpha value is -3.06. The Kier molecular flexibility index (Phi) is 7.87. The van der Waals surface area contributed by atoms with Crippen molar-refractivity contribution in [2.75, 3.05) is 13.1 Å². The molecule has 0 bridgehead atoms. The van der Waals surface area contributed by atoms with Gasteiger partial charge < -0.3 is 25.7 Å². The van der Waals surface area contributed by atoms with E-state index < -0.39 is 17.9 Å². The molecule has 1 saturated carbocycles. The first-order valence-electron chi connectivity index (χ1n) is 10.5. The number of piperidine rings is 1. The van der Waals surface area contributed by atoms with E-state index in [0.717, 1.165) is 43.6 Å². The molecule has 13 heteroatoms. The van der Waals surface area contributed by atoms with Gasteiger partial charge in [0.05, 0.1) is 18.0 Å². The molecule has 4 rings (SSSR count). The number of nitrogens with one attached hydrogen (secondary N) is 1. The largest absolute Gasteiger partial charge is 0.504 e. The van der Waals surface area contributed by atoms with Gasteiger partial charge in [-0.2, -0.15) is 18.3 Å². The second-order valence-electron chi connectivity index (χ2n) is 7.94. The molecule has 0 spiro atoms. The Morgan fingerprint density at radius 2 is 1.76 bits per heavy atom. The topological polar surface area (TPSA) is 140 Å². The maximum Gasteiger partial charge on any atom is 0.490 e. The van der Waals surface area contributed by atoms with Crippen LogP contribution in [0.3, 0.4) is 0 Å². The predicted molar refractivity (Wildman–Crippen MR) is 119 cm³/mol. The Morgan fingerprint density at radius 3 is 2.32 bits per heavy atom. The number of thiazole rings is 1. The fourth-order valence-corrected chi connectivity index (χ4v) is 4.46. The van der Waals surface area contributed by atoms with Gasteiger partial charge in [0.2, 0.25) is 10.6 Å². The molecule has 34 heavy (non-hydrogen) atoms. The van der Waals surface area contributed by atoms with Gasteiger partial charge in [-0.1, -0.05) is 0 Å². The molecule has 1 aliphatic heterocycles. The summed E-state index contributed by atoms with van der Waals surface area (Å²) in [6, 6.07) is 3.15. The molecule has 2 fully saturated rings. The molecule has 186 valence electrons. The van der Waals surface area contributed by atoms with Gasteiger partial charge in [0.25, 0.3) is 0 Å². The van der Waals surface area contributed by atoms with Crippen molar-refractivity contribution in [3.63, 3.8) is 0 Å². The van der Waals surface area contributed by atoms with Crippen LogP contribution in [0.4, 0.5) is 13.2 Å². The molecule has 0 atom stereocenters. The number of alkyl halides is 3. The summed E-state index contributed by atoms with van der Waals surface area (Å²) in [6.07, 6.45) is 0.780. The van der Waals surface area contributed by atoms with E-state index in [2.05, 4.69) is 17.3 Å². The number of halogens is 3. The highest BCUT2D eigenvalue weighted by Crippen LogP contribution is 2.42. The Balaban J connectivity index is 0.000000406. The maximum absolute atomic E-state index is 10.6. The van der Waals surface area contributed by atoms with Crippen LogP contribution < -0.4 is 10.1 Å². The van der Waals surface area contributed by atoms with Crippen LogP contribution in [-0.2, 0) is 4.79 Å². The number of carboxylic acids is 1. The smallest absolute Gasteiger partial charge is 0.490 e. The number of benzene rings is 1. The highest BCUT2D eigenvalue weighted by molar-refractivity contribution is 7.09. The number of aryl methyl sites for hydroxylation is 1. The number of phenolic OH excluding ortho intramolecular Hbond substituents is 3. The van der Waals surface area contributed by atoms with Crippen molar-refractivity contribution in [3.05, 3.63) is 33.1 Å². The summed E-state index contributed by atoms with van der Waals surface area (Å²) < 4.78 is 33.6. The number of carbonyl (C=O) groups is 1. The van der Waals surface area contributed by atoms with Crippen molar-refractivity contribution in [2.24, 2.45) is 10.1 Å². The first-order valence-corrected chi connectivity index (χ1v) is 11.4. The third-order valence-corrected chi connectivity index (χ3v) is 6.27. The van der Waals surface area contributed by atoms with E-state index in [1.165, 1.54) is 28.9 Å². The molecule has 0 amide bonds. The number of aromatic nitrogens is 1. The first kappa shape index (κ1) is 25.6. The van der Waals surface area contributed by atoms with Crippen LogP contribution >= 0.6 is 11.3 Å². The van der Waals surface area contributed by atoms with Gasteiger partial charge in [0, 0.05) is 16.4 Å². The number of nitrogens with zero attached hydrogens (tertiary/aromatic N) is 3. The minimum Gasteiger partial charge on any atom is -0.504 e. The highest BCUT2D eigenvalue weighted by Gasteiger charge is 2.38. The van der Waals surface area contributed by atoms with Gasteiger partial charge in [0.15, 0.2) is 11.5 Å². The lowest BCUT2D eigenvalue weighted by Crippen LogP contribution is -2.31. The van der Waals surface area contributed by atoms with Crippen molar-refractivity contribution in [1.29, 1.82) is 0 Å². The fraction of sp³-hybridized carbons (Fsp3) is 0.476. The molecule has 1 aliphatic carbocycles. The lowest BCUT2D eigenvalue weighted by molar-refractivity contribution is -0.192. The zero-order chi connectivity index (χ0) is 25.0. The lowest BCUT2D eigenvalue weighted by atomic mass is 10.1. The first-order chi connectivity index (χ1) is 16.0. The molecule has 0 unspecified atom stereocenters. The van der Waals surface area contributed by atoms with E-state index in [1.807, 2.05) is 4.68 Å². The molecule has 2 aromatic rings. The van der Waals surface area contributed by atoms with Crippen molar-refractivity contribution in [3.8, 4) is 17.2 Å². The summed E-state index contributed by atoms with van der Waals surface area (Å²) in [5.74, 6) is -3.52. The standard InChI is InChI=1S/C19H24N4O3S.C2HF3O2/c1-11-16(12-2-3-12)23(19(27-11)22-14-6-8-20-9-7-14)21-10-13-4-5-15(24)18(26)17(13)25;3-2(4,5)1(6)7/h4-5,10,12,14,20,24-26H,2-3,6-9H2,1H3;(H,6,7)/b21-10+,22-19?;. The zero-order valence-electron chi connectivity index (χ0n) is 18.2. The van der Waals surface area contributed by atoms with Gasteiger partial charge in [-0.05, 0) is 57.8 Å². The summed E-state index contributed by atoms with van der Waals surface area (Å²) in [5, 5.41) is 44.3. The van der Waals surface area contributed by atoms with Crippen molar-refractivity contribution in [1.82, 2.24) is 9.99 Å². The Bertz CT molecular complexity index is 1130. The van der Waals surface area contributed by atoms with E-state index in [0.29, 0.717) is 17.5 Å². The number of aliphatic carboxylic acids is 1. The van der Waals surface area contributed by atoms with E-state index >= 15 is 0 Å². The lowest BCUT2D eigenvalue weighted by Gasteiger charge is -2.18. The maximum atomic E-state index is 10.6. The summed E-state index contributed by atoms with van der Waals surface area (Å²) in [5.41, 5.74) is 1.53. The van der Waals surface area contributed by atoms with Crippen LogP contribution in [0.15, 0.2) is 22.2 Å². The molecule has 1 saturated heterocycles. The van der Waals surface area contributed by atoms with E-state index in [9.17, 15) is 28.5 Å². The Labute approximate surface area is 196 Å². The van der Waals surface area contributed by atoms with E-state index in [4.69, 9.17) is 14.9 Å². The number of hydrogen-bond acceptors (Lipinski definition) is 8. The summed E-state index contributed by atoms with van der Waals surface area (Å²) in [6.45, 7) is 4.07. The molecule has 1 aromatic heterocycles. The second-order valence-corrected chi connectivity index (χ2v) is 9.12. The van der Waals surface area contributed by atoms with E-state index in [1.54, 1.807) is 11.3 Å². The average Bonchev–Trinajstić information content (AvgIpc) is 3.56. The third kappa shape index (κ3) is 6.29. The Morgan fingerprint density at radius 1 is 1.15 bits per heavy atom.